The molecule has 2 aliphatic rings. The van der Waals surface area contributed by atoms with Gasteiger partial charge in [-0.15, -0.1) is 0 Å². The van der Waals surface area contributed by atoms with E-state index < -0.39 is 0 Å². The van der Waals surface area contributed by atoms with Crippen molar-refractivity contribution in [2.24, 2.45) is 0 Å². The van der Waals surface area contributed by atoms with Gasteiger partial charge in [0.25, 0.3) is 0 Å². The van der Waals surface area contributed by atoms with Crippen molar-refractivity contribution >= 4 is 21.9 Å². The molecule has 5 heterocycles. The lowest BCUT2D eigenvalue weighted by Crippen LogP contribution is -2.48. The van der Waals surface area contributed by atoms with Crippen LogP contribution < -0.4 is 0 Å². The van der Waals surface area contributed by atoms with E-state index in [2.05, 4.69) is 74.8 Å². The van der Waals surface area contributed by atoms with Crippen LogP contribution in [0.4, 0.5) is 0 Å². The third kappa shape index (κ3) is 3.83. The number of H-pyrrole nitrogens is 2. The fourth-order valence-electron chi connectivity index (χ4n) is 6.27. The van der Waals surface area contributed by atoms with Gasteiger partial charge in [0, 0.05) is 34.6 Å². The molecular weight excluding hydrogens is 420 g/mol. The first kappa shape index (κ1) is 21.8. The first-order valence-corrected chi connectivity index (χ1v) is 13.0. The average Bonchev–Trinajstić information content (AvgIpc) is 3.48. The Balaban J connectivity index is 1.19. The summed E-state index contributed by atoms with van der Waals surface area (Å²) in [5, 5.41) is 2.38. The van der Waals surface area contributed by atoms with Crippen LogP contribution in [0, 0.1) is 6.92 Å². The van der Waals surface area contributed by atoms with Gasteiger partial charge in [-0.2, -0.15) is 0 Å². The highest BCUT2D eigenvalue weighted by Crippen LogP contribution is 2.36. The SMILES string of the molecule is Cc1c(-c2ncnc3[nH]ccc23)[nH]c2ccc(C3CCN(C4CCN(C(C)C)CC4)CC3)cc12. The molecule has 34 heavy (non-hydrogen) atoms. The van der Waals surface area contributed by atoms with Crippen LogP contribution in [0.3, 0.4) is 0 Å². The number of benzene rings is 1. The van der Waals surface area contributed by atoms with Crippen molar-refractivity contribution in [1.29, 1.82) is 0 Å². The maximum absolute atomic E-state index is 4.61. The highest BCUT2D eigenvalue weighted by molar-refractivity contribution is 5.97. The summed E-state index contributed by atoms with van der Waals surface area (Å²) in [5.41, 5.74) is 6.90. The van der Waals surface area contributed by atoms with Gasteiger partial charge in [-0.3, -0.25) is 0 Å². The van der Waals surface area contributed by atoms with E-state index >= 15 is 0 Å². The molecule has 2 saturated heterocycles. The average molecular weight is 457 g/mol. The number of aryl methyl sites for hydroxylation is 1. The molecular formula is C28H36N6. The van der Waals surface area contributed by atoms with Crippen LogP contribution in [-0.4, -0.2) is 68.0 Å². The van der Waals surface area contributed by atoms with Gasteiger partial charge in [-0.1, -0.05) is 6.07 Å². The number of likely N-dealkylation sites (tertiary alicyclic amines) is 2. The summed E-state index contributed by atoms with van der Waals surface area (Å²) in [6, 6.07) is 10.6. The van der Waals surface area contributed by atoms with Crippen molar-refractivity contribution in [1.82, 2.24) is 29.7 Å². The predicted octanol–water partition coefficient (Wildman–Crippen LogP) is 5.47. The van der Waals surface area contributed by atoms with E-state index in [0.717, 1.165) is 28.5 Å². The standard InChI is InChI=1S/C28H36N6/c1-18(2)33-14-9-22(10-15-33)34-12-7-20(8-13-34)21-4-5-25-24(16-21)19(3)26(32-25)27-23-6-11-29-28(23)31-17-30-27/h4-6,11,16-18,20,22,32H,7-10,12-15H2,1-3H3,(H,29,30,31). The molecule has 178 valence electrons. The van der Waals surface area contributed by atoms with Crippen LogP contribution in [0.15, 0.2) is 36.8 Å². The maximum Gasteiger partial charge on any atom is 0.141 e. The summed E-state index contributed by atoms with van der Waals surface area (Å²) >= 11 is 0. The second kappa shape index (κ2) is 8.82. The molecule has 2 fully saturated rings. The molecule has 0 unspecified atom stereocenters. The lowest BCUT2D eigenvalue weighted by Gasteiger charge is -2.42. The fourth-order valence-corrected chi connectivity index (χ4v) is 6.27. The highest BCUT2D eigenvalue weighted by Gasteiger charge is 2.29. The van der Waals surface area contributed by atoms with E-state index in [0.29, 0.717) is 12.0 Å². The second-order valence-electron chi connectivity index (χ2n) is 10.6. The molecule has 0 atom stereocenters. The predicted molar refractivity (Wildman–Crippen MR) is 139 cm³/mol. The molecule has 0 bridgehead atoms. The molecule has 2 aliphatic heterocycles. The first-order chi connectivity index (χ1) is 16.6. The first-order valence-electron chi connectivity index (χ1n) is 13.0. The molecule has 6 nitrogen and oxygen atoms in total. The zero-order valence-electron chi connectivity index (χ0n) is 20.6. The van der Waals surface area contributed by atoms with E-state index in [4.69, 9.17) is 0 Å². The van der Waals surface area contributed by atoms with Crippen molar-refractivity contribution in [3.8, 4) is 11.4 Å². The third-order valence-corrected chi connectivity index (χ3v) is 8.42. The number of aromatic amines is 2. The Bertz CT molecular complexity index is 1280. The Morgan fingerprint density at radius 1 is 0.941 bits per heavy atom. The molecule has 1 aromatic carbocycles. The number of nitrogens with zero attached hydrogens (tertiary/aromatic N) is 4. The number of fused-ring (bicyclic) bond motifs is 2. The van der Waals surface area contributed by atoms with E-state index in [1.54, 1.807) is 6.33 Å². The molecule has 3 aromatic heterocycles. The van der Waals surface area contributed by atoms with Crippen LogP contribution in [0.2, 0.25) is 0 Å². The fraction of sp³-hybridized carbons (Fsp3) is 0.500. The van der Waals surface area contributed by atoms with Crippen molar-refractivity contribution in [2.45, 2.75) is 64.5 Å². The van der Waals surface area contributed by atoms with Crippen LogP contribution in [0.1, 0.15) is 56.6 Å². The smallest absolute Gasteiger partial charge is 0.141 e. The zero-order chi connectivity index (χ0) is 23.2. The van der Waals surface area contributed by atoms with Gasteiger partial charge >= 0.3 is 0 Å². The summed E-state index contributed by atoms with van der Waals surface area (Å²) in [4.78, 5) is 21.2. The van der Waals surface area contributed by atoms with Gasteiger partial charge in [0.15, 0.2) is 0 Å². The monoisotopic (exact) mass is 456 g/mol. The molecule has 2 N–H and O–H groups in total. The largest absolute Gasteiger partial charge is 0.353 e. The summed E-state index contributed by atoms with van der Waals surface area (Å²) in [6.45, 7) is 11.9. The van der Waals surface area contributed by atoms with Gasteiger partial charge < -0.3 is 19.8 Å². The number of piperidine rings is 2. The summed E-state index contributed by atoms with van der Waals surface area (Å²) in [6.07, 6.45) is 8.77. The van der Waals surface area contributed by atoms with E-state index in [-0.39, 0.29) is 0 Å². The van der Waals surface area contributed by atoms with Crippen molar-refractivity contribution < 1.29 is 0 Å². The van der Waals surface area contributed by atoms with Crippen LogP contribution in [0.5, 0.6) is 0 Å². The number of aromatic nitrogens is 4. The minimum absolute atomic E-state index is 0.657. The normalized spacial score (nSPS) is 19.6. The Hall–Kier alpha value is -2.70. The summed E-state index contributed by atoms with van der Waals surface area (Å²) in [5.74, 6) is 0.657. The molecule has 6 heteroatoms. The van der Waals surface area contributed by atoms with E-state index in [1.807, 2.05) is 6.20 Å². The molecule has 4 aromatic rings. The maximum atomic E-state index is 4.61. The quantitative estimate of drug-likeness (QED) is 0.428. The molecule has 0 saturated carbocycles. The van der Waals surface area contributed by atoms with Crippen molar-refractivity contribution in [3.63, 3.8) is 0 Å². The van der Waals surface area contributed by atoms with Gasteiger partial charge in [-0.05, 0) is 108 Å². The van der Waals surface area contributed by atoms with E-state index in [1.165, 1.54) is 73.9 Å². The lowest BCUT2D eigenvalue weighted by molar-refractivity contribution is 0.0753. The van der Waals surface area contributed by atoms with Gasteiger partial charge in [0.2, 0.25) is 0 Å². The van der Waals surface area contributed by atoms with Crippen molar-refractivity contribution in [3.05, 3.63) is 47.9 Å². The molecule has 6 rings (SSSR count). The molecule has 0 aliphatic carbocycles. The molecule has 0 spiro atoms. The molecule has 0 radical (unpaired) electrons. The topological polar surface area (TPSA) is 63.8 Å². The third-order valence-electron chi connectivity index (χ3n) is 8.42. The lowest BCUT2D eigenvalue weighted by atomic mass is 9.87. The van der Waals surface area contributed by atoms with Gasteiger partial charge in [-0.25, -0.2) is 9.97 Å². The Labute approximate surface area is 201 Å². The van der Waals surface area contributed by atoms with Crippen molar-refractivity contribution in [2.75, 3.05) is 26.2 Å². The minimum Gasteiger partial charge on any atom is -0.353 e. The number of rotatable bonds is 4. The summed E-state index contributed by atoms with van der Waals surface area (Å²) < 4.78 is 0. The highest BCUT2D eigenvalue weighted by atomic mass is 15.2. The molecule has 0 amide bonds. The minimum atomic E-state index is 0.657. The van der Waals surface area contributed by atoms with E-state index in [9.17, 15) is 0 Å². The number of nitrogens with one attached hydrogen (secondary N) is 2. The van der Waals surface area contributed by atoms with Crippen LogP contribution in [0.25, 0.3) is 33.3 Å². The summed E-state index contributed by atoms with van der Waals surface area (Å²) in [7, 11) is 0. The van der Waals surface area contributed by atoms with Crippen LogP contribution >= 0.6 is 0 Å². The number of hydrogen-bond donors (Lipinski definition) is 2. The zero-order valence-corrected chi connectivity index (χ0v) is 20.6. The van der Waals surface area contributed by atoms with Crippen LogP contribution in [-0.2, 0) is 0 Å². The van der Waals surface area contributed by atoms with Gasteiger partial charge in [0.05, 0.1) is 11.4 Å². The number of hydrogen-bond acceptors (Lipinski definition) is 4. The second-order valence-corrected chi connectivity index (χ2v) is 10.6. The Kier molecular flexibility index (Phi) is 5.66. The Morgan fingerprint density at radius 3 is 2.50 bits per heavy atom. The van der Waals surface area contributed by atoms with Gasteiger partial charge in [0.1, 0.15) is 12.0 Å². The Morgan fingerprint density at radius 2 is 1.74 bits per heavy atom.